The van der Waals surface area contributed by atoms with Crippen molar-refractivity contribution in [3.63, 3.8) is 0 Å². The SMILES string of the molecule is Clc1c(NC2=NCCC2)cnc2ccccc12. The summed E-state index contributed by atoms with van der Waals surface area (Å²) >= 11 is 6.36. The van der Waals surface area contributed by atoms with Crippen LogP contribution in [0.4, 0.5) is 5.69 Å². The van der Waals surface area contributed by atoms with E-state index in [1.54, 1.807) is 6.20 Å². The van der Waals surface area contributed by atoms with E-state index in [0.29, 0.717) is 5.02 Å². The number of pyridine rings is 1. The molecule has 0 atom stereocenters. The van der Waals surface area contributed by atoms with Crippen molar-refractivity contribution in [2.45, 2.75) is 12.8 Å². The minimum absolute atomic E-state index is 0.713. The van der Waals surface area contributed by atoms with Gasteiger partial charge in [-0.05, 0) is 12.5 Å². The number of aromatic nitrogens is 1. The maximum absolute atomic E-state index is 6.36. The van der Waals surface area contributed by atoms with Crippen molar-refractivity contribution in [3.8, 4) is 0 Å². The zero-order valence-corrected chi connectivity index (χ0v) is 10.0. The van der Waals surface area contributed by atoms with Gasteiger partial charge in [0.2, 0.25) is 0 Å². The van der Waals surface area contributed by atoms with E-state index in [2.05, 4.69) is 15.3 Å². The maximum Gasteiger partial charge on any atom is 0.101 e. The lowest BCUT2D eigenvalue weighted by Crippen LogP contribution is -2.09. The molecule has 1 aliphatic heterocycles. The van der Waals surface area contributed by atoms with Crippen LogP contribution in [0.3, 0.4) is 0 Å². The Kier molecular flexibility index (Phi) is 2.69. The summed E-state index contributed by atoms with van der Waals surface area (Å²) in [6.07, 6.45) is 3.87. The summed E-state index contributed by atoms with van der Waals surface area (Å²) in [5, 5.41) is 4.94. The molecule has 0 radical (unpaired) electrons. The second kappa shape index (κ2) is 4.34. The van der Waals surface area contributed by atoms with Gasteiger partial charge in [-0.3, -0.25) is 9.98 Å². The number of hydrogen-bond donors (Lipinski definition) is 1. The van der Waals surface area contributed by atoms with Gasteiger partial charge in [0, 0.05) is 18.4 Å². The van der Waals surface area contributed by atoms with E-state index in [-0.39, 0.29) is 0 Å². The number of fused-ring (bicyclic) bond motifs is 1. The van der Waals surface area contributed by atoms with Gasteiger partial charge in [0.05, 0.1) is 22.4 Å². The van der Waals surface area contributed by atoms with Crippen molar-refractivity contribution >= 4 is 34.0 Å². The molecule has 1 N–H and O–H groups in total. The molecular formula is C13H12ClN3. The van der Waals surface area contributed by atoms with E-state index in [9.17, 15) is 0 Å². The van der Waals surface area contributed by atoms with Crippen LogP contribution in [0.1, 0.15) is 12.8 Å². The molecular weight excluding hydrogens is 234 g/mol. The van der Waals surface area contributed by atoms with Crippen LogP contribution >= 0.6 is 11.6 Å². The van der Waals surface area contributed by atoms with Crippen LogP contribution in [0.15, 0.2) is 35.5 Å². The average molecular weight is 246 g/mol. The van der Waals surface area contributed by atoms with Crippen LogP contribution in [-0.2, 0) is 0 Å². The molecule has 86 valence electrons. The van der Waals surface area contributed by atoms with Crippen LogP contribution in [0.2, 0.25) is 5.02 Å². The predicted molar refractivity (Wildman–Crippen MR) is 71.9 cm³/mol. The van der Waals surface area contributed by atoms with Crippen molar-refractivity contribution in [1.29, 1.82) is 0 Å². The first-order valence-corrected chi connectivity index (χ1v) is 6.06. The molecule has 2 heterocycles. The predicted octanol–water partition coefficient (Wildman–Crippen LogP) is 3.49. The van der Waals surface area contributed by atoms with Gasteiger partial charge in [-0.25, -0.2) is 0 Å². The molecule has 0 saturated heterocycles. The number of nitrogens with zero attached hydrogens (tertiary/aromatic N) is 2. The fourth-order valence-corrected chi connectivity index (χ4v) is 2.25. The zero-order valence-electron chi connectivity index (χ0n) is 9.28. The second-order valence-electron chi connectivity index (χ2n) is 4.06. The lowest BCUT2D eigenvalue weighted by Gasteiger charge is -2.09. The molecule has 0 saturated carbocycles. The third kappa shape index (κ3) is 1.98. The normalized spacial score (nSPS) is 15.0. The van der Waals surface area contributed by atoms with Gasteiger partial charge < -0.3 is 5.32 Å². The summed E-state index contributed by atoms with van der Waals surface area (Å²) in [5.41, 5.74) is 1.75. The van der Waals surface area contributed by atoms with Gasteiger partial charge in [0.1, 0.15) is 5.84 Å². The van der Waals surface area contributed by atoms with Gasteiger partial charge in [0.25, 0.3) is 0 Å². The first-order chi connectivity index (χ1) is 8.34. The Balaban J connectivity index is 2.02. The molecule has 3 rings (SSSR count). The molecule has 0 unspecified atom stereocenters. The van der Waals surface area contributed by atoms with Crippen molar-refractivity contribution in [3.05, 3.63) is 35.5 Å². The lowest BCUT2D eigenvalue weighted by molar-refractivity contribution is 0.951. The molecule has 1 aromatic heterocycles. The van der Waals surface area contributed by atoms with E-state index in [4.69, 9.17) is 11.6 Å². The van der Waals surface area contributed by atoms with E-state index in [1.807, 2.05) is 24.3 Å². The Hall–Kier alpha value is -1.61. The number of nitrogens with one attached hydrogen (secondary N) is 1. The monoisotopic (exact) mass is 245 g/mol. The number of para-hydroxylation sites is 1. The lowest BCUT2D eigenvalue weighted by atomic mass is 10.2. The number of amidine groups is 1. The van der Waals surface area contributed by atoms with Crippen molar-refractivity contribution in [2.75, 3.05) is 11.9 Å². The fraction of sp³-hybridized carbons (Fsp3) is 0.231. The van der Waals surface area contributed by atoms with Gasteiger partial charge >= 0.3 is 0 Å². The highest BCUT2D eigenvalue weighted by Gasteiger charge is 2.10. The number of rotatable bonds is 1. The third-order valence-electron chi connectivity index (χ3n) is 2.86. The highest BCUT2D eigenvalue weighted by molar-refractivity contribution is 6.38. The van der Waals surface area contributed by atoms with Crippen LogP contribution in [0, 0.1) is 0 Å². The molecule has 0 aliphatic carbocycles. The second-order valence-corrected chi connectivity index (χ2v) is 4.44. The first kappa shape index (κ1) is 10.5. The van der Waals surface area contributed by atoms with Crippen molar-refractivity contribution in [2.24, 2.45) is 4.99 Å². The fourth-order valence-electron chi connectivity index (χ4n) is 1.99. The van der Waals surface area contributed by atoms with Crippen molar-refractivity contribution < 1.29 is 0 Å². The Labute approximate surface area is 105 Å². The summed E-state index contributed by atoms with van der Waals surface area (Å²) in [6, 6.07) is 7.86. The van der Waals surface area contributed by atoms with E-state index >= 15 is 0 Å². The highest BCUT2D eigenvalue weighted by atomic mass is 35.5. The van der Waals surface area contributed by atoms with E-state index in [0.717, 1.165) is 41.8 Å². The van der Waals surface area contributed by atoms with E-state index < -0.39 is 0 Å². The summed E-state index contributed by atoms with van der Waals surface area (Å²) in [7, 11) is 0. The molecule has 3 nitrogen and oxygen atoms in total. The molecule has 0 fully saturated rings. The molecule has 2 aromatic rings. The van der Waals surface area contributed by atoms with Crippen molar-refractivity contribution in [1.82, 2.24) is 4.98 Å². The Morgan fingerprint density at radius 1 is 1.24 bits per heavy atom. The summed E-state index contributed by atoms with van der Waals surface area (Å²) in [6.45, 7) is 0.904. The van der Waals surface area contributed by atoms with Gasteiger partial charge in [-0.2, -0.15) is 0 Å². The number of aliphatic imine (C=N–C) groups is 1. The van der Waals surface area contributed by atoms with Gasteiger partial charge in [-0.1, -0.05) is 29.8 Å². The van der Waals surface area contributed by atoms with Crippen LogP contribution < -0.4 is 5.32 Å². The van der Waals surface area contributed by atoms with Crippen LogP contribution in [0.5, 0.6) is 0 Å². The Bertz CT molecular complexity index is 592. The van der Waals surface area contributed by atoms with Gasteiger partial charge in [-0.15, -0.1) is 0 Å². The molecule has 1 aromatic carbocycles. The van der Waals surface area contributed by atoms with Gasteiger partial charge in [0.15, 0.2) is 0 Å². The summed E-state index contributed by atoms with van der Waals surface area (Å²) in [5.74, 6) is 1.00. The van der Waals surface area contributed by atoms with Crippen LogP contribution in [0.25, 0.3) is 10.9 Å². The number of hydrogen-bond acceptors (Lipinski definition) is 3. The average Bonchev–Trinajstić information content (AvgIpc) is 2.86. The molecule has 0 amide bonds. The Morgan fingerprint density at radius 2 is 2.12 bits per heavy atom. The smallest absolute Gasteiger partial charge is 0.101 e. The number of halogens is 1. The first-order valence-electron chi connectivity index (χ1n) is 5.68. The Morgan fingerprint density at radius 3 is 2.94 bits per heavy atom. The quantitative estimate of drug-likeness (QED) is 0.835. The summed E-state index contributed by atoms with van der Waals surface area (Å²) in [4.78, 5) is 8.75. The maximum atomic E-state index is 6.36. The molecule has 1 aliphatic rings. The molecule has 0 spiro atoms. The molecule has 0 bridgehead atoms. The third-order valence-corrected chi connectivity index (χ3v) is 3.27. The minimum Gasteiger partial charge on any atom is -0.342 e. The standard InChI is InChI=1S/C13H12ClN3/c14-13-9-4-1-2-5-10(9)16-8-11(13)17-12-6-3-7-15-12/h1-2,4-5,8H,3,6-7H2,(H,15,17). The molecule has 17 heavy (non-hydrogen) atoms. The van der Waals surface area contributed by atoms with E-state index in [1.165, 1.54) is 0 Å². The van der Waals surface area contributed by atoms with Crippen LogP contribution in [-0.4, -0.2) is 17.4 Å². The summed E-state index contributed by atoms with van der Waals surface area (Å²) < 4.78 is 0. The largest absolute Gasteiger partial charge is 0.342 e. The number of benzene rings is 1. The number of anilines is 1. The molecule has 4 heteroatoms. The minimum atomic E-state index is 0.713. The topological polar surface area (TPSA) is 37.3 Å². The highest BCUT2D eigenvalue weighted by Crippen LogP contribution is 2.29. The zero-order chi connectivity index (χ0) is 11.7.